The third kappa shape index (κ3) is 3.10. The molecule has 0 saturated heterocycles. The number of phenols is 1. The van der Waals surface area contributed by atoms with Crippen molar-refractivity contribution in [3.8, 4) is 11.5 Å². The maximum atomic E-state index is 9.62. The second-order valence-electron chi connectivity index (χ2n) is 3.62. The molecule has 0 aliphatic rings. The molecule has 16 heavy (non-hydrogen) atoms. The quantitative estimate of drug-likeness (QED) is 0.763. The van der Waals surface area contributed by atoms with Crippen LogP contribution in [0.4, 0.5) is 0 Å². The highest BCUT2D eigenvalue weighted by Gasteiger charge is 2.12. The Balaban J connectivity index is 2.93. The molecule has 4 nitrogen and oxygen atoms in total. The lowest BCUT2D eigenvalue weighted by Gasteiger charge is -2.13. The SMILES string of the molecule is COc1cc(CC(CN)CO)cc(Br)c1O. The van der Waals surface area contributed by atoms with Crippen molar-refractivity contribution in [2.45, 2.75) is 6.42 Å². The fourth-order valence-electron chi connectivity index (χ4n) is 1.46. The van der Waals surface area contributed by atoms with Crippen LogP contribution in [0.2, 0.25) is 0 Å². The van der Waals surface area contributed by atoms with Gasteiger partial charge >= 0.3 is 0 Å². The number of hydrogen-bond acceptors (Lipinski definition) is 4. The summed E-state index contributed by atoms with van der Waals surface area (Å²) in [6.45, 7) is 0.481. The second-order valence-corrected chi connectivity index (χ2v) is 4.47. The van der Waals surface area contributed by atoms with E-state index in [-0.39, 0.29) is 18.3 Å². The van der Waals surface area contributed by atoms with E-state index < -0.39 is 0 Å². The average molecular weight is 290 g/mol. The second kappa shape index (κ2) is 6.08. The summed E-state index contributed by atoms with van der Waals surface area (Å²) in [7, 11) is 1.50. The molecule has 1 aromatic rings. The summed E-state index contributed by atoms with van der Waals surface area (Å²) in [5.74, 6) is 0.527. The van der Waals surface area contributed by atoms with Crippen molar-refractivity contribution in [3.05, 3.63) is 22.2 Å². The topological polar surface area (TPSA) is 75.7 Å². The summed E-state index contributed by atoms with van der Waals surface area (Å²) in [6, 6.07) is 3.55. The molecule has 1 rings (SSSR count). The molecule has 1 atom stereocenters. The fourth-order valence-corrected chi connectivity index (χ4v) is 1.95. The van der Waals surface area contributed by atoms with Gasteiger partial charge in [-0.15, -0.1) is 0 Å². The van der Waals surface area contributed by atoms with Crippen molar-refractivity contribution < 1.29 is 14.9 Å². The van der Waals surface area contributed by atoms with Crippen LogP contribution in [0.15, 0.2) is 16.6 Å². The molecule has 0 aromatic heterocycles. The van der Waals surface area contributed by atoms with Gasteiger partial charge in [0.15, 0.2) is 11.5 Å². The molecular formula is C11H16BrNO3. The van der Waals surface area contributed by atoms with E-state index in [1.807, 2.05) is 0 Å². The van der Waals surface area contributed by atoms with E-state index in [9.17, 15) is 5.11 Å². The van der Waals surface area contributed by atoms with Gasteiger partial charge in [0.2, 0.25) is 0 Å². The molecule has 0 saturated carbocycles. The van der Waals surface area contributed by atoms with Crippen LogP contribution < -0.4 is 10.5 Å². The monoisotopic (exact) mass is 289 g/mol. The minimum atomic E-state index is 0.0288. The van der Waals surface area contributed by atoms with E-state index in [1.165, 1.54) is 7.11 Å². The van der Waals surface area contributed by atoms with Crippen molar-refractivity contribution in [1.29, 1.82) is 0 Å². The van der Waals surface area contributed by atoms with Crippen LogP contribution in [-0.2, 0) is 6.42 Å². The molecule has 90 valence electrons. The molecule has 0 bridgehead atoms. The third-order valence-electron chi connectivity index (χ3n) is 2.42. The van der Waals surface area contributed by atoms with E-state index in [2.05, 4.69) is 15.9 Å². The first-order valence-corrected chi connectivity index (χ1v) is 5.78. The molecule has 0 aliphatic heterocycles. The highest BCUT2D eigenvalue weighted by atomic mass is 79.9. The minimum absolute atomic E-state index is 0.0288. The average Bonchev–Trinajstić information content (AvgIpc) is 2.30. The summed E-state index contributed by atoms with van der Waals surface area (Å²) >= 11 is 3.25. The molecule has 0 heterocycles. The number of benzene rings is 1. The highest BCUT2D eigenvalue weighted by molar-refractivity contribution is 9.10. The maximum absolute atomic E-state index is 9.62. The van der Waals surface area contributed by atoms with Gasteiger partial charge in [0, 0.05) is 6.61 Å². The molecule has 0 amide bonds. The number of rotatable bonds is 5. The van der Waals surface area contributed by atoms with Crippen molar-refractivity contribution >= 4 is 15.9 Å². The van der Waals surface area contributed by atoms with Crippen LogP contribution in [-0.4, -0.2) is 30.5 Å². The highest BCUT2D eigenvalue weighted by Crippen LogP contribution is 2.35. The largest absolute Gasteiger partial charge is 0.503 e. The Morgan fingerprint density at radius 1 is 1.50 bits per heavy atom. The molecule has 1 unspecified atom stereocenters. The summed E-state index contributed by atoms with van der Waals surface area (Å²) in [4.78, 5) is 0. The number of nitrogens with two attached hydrogens (primary N) is 1. The lowest BCUT2D eigenvalue weighted by atomic mass is 10.00. The third-order valence-corrected chi connectivity index (χ3v) is 3.03. The molecule has 5 heteroatoms. The first kappa shape index (κ1) is 13.3. The van der Waals surface area contributed by atoms with E-state index >= 15 is 0 Å². The minimum Gasteiger partial charge on any atom is -0.503 e. The summed E-state index contributed by atoms with van der Waals surface area (Å²) in [5.41, 5.74) is 6.48. The van der Waals surface area contributed by atoms with Gasteiger partial charge in [0.05, 0.1) is 11.6 Å². The summed E-state index contributed by atoms with van der Waals surface area (Å²) in [5, 5.41) is 18.7. The number of ether oxygens (including phenoxy) is 1. The number of halogens is 1. The van der Waals surface area contributed by atoms with Gasteiger partial charge in [-0.3, -0.25) is 0 Å². The van der Waals surface area contributed by atoms with Gasteiger partial charge in [-0.25, -0.2) is 0 Å². The predicted molar refractivity (Wildman–Crippen MR) is 65.7 cm³/mol. The number of phenolic OH excluding ortho intramolecular Hbond substituents is 1. The van der Waals surface area contributed by atoms with E-state index in [1.54, 1.807) is 12.1 Å². The number of aliphatic hydroxyl groups excluding tert-OH is 1. The maximum Gasteiger partial charge on any atom is 0.172 e. The van der Waals surface area contributed by atoms with E-state index in [0.717, 1.165) is 5.56 Å². The molecular weight excluding hydrogens is 274 g/mol. The first-order chi connectivity index (χ1) is 7.62. The Bertz CT molecular complexity index is 353. The Hall–Kier alpha value is -0.780. The smallest absolute Gasteiger partial charge is 0.172 e. The van der Waals surface area contributed by atoms with Gasteiger partial charge in [-0.2, -0.15) is 0 Å². The number of hydrogen-bond donors (Lipinski definition) is 3. The summed E-state index contributed by atoms with van der Waals surface area (Å²) < 4.78 is 5.62. The standard InChI is InChI=1S/C11H16BrNO3/c1-16-10-4-7(2-8(5-13)6-14)3-9(12)11(10)15/h3-4,8,14-15H,2,5-6,13H2,1H3. The fraction of sp³-hybridized carbons (Fsp3) is 0.455. The van der Waals surface area contributed by atoms with Gasteiger partial charge in [0.25, 0.3) is 0 Å². The summed E-state index contributed by atoms with van der Waals surface area (Å²) in [6.07, 6.45) is 0.655. The zero-order valence-corrected chi connectivity index (χ0v) is 10.7. The van der Waals surface area contributed by atoms with Crippen molar-refractivity contribution in [3.63, 3.8) is 0 Å². The van der Waals surface area contributed by atoms with E-state index in [4.69, 9.17) is 15.6 Å². The Labute approximate surface area is 103 Å². The number of methoxy groups -OCH3 is 1. The van der Waals surface area contributed by atoms with Gasteiger partial charge in [-0.05, 0) is 52.5 Å². The van der Waals surface area contributed by atoms with Crippen LogP contribution in [0.1, 0.15) is 5.56 Å². The molecule has 0 spiro atoms. The Kier molecular flexibility index (Phi) is 5.05. The first-order valence-electron chi connectivity index (χ1n) is 4.98. The zero-order chi connectivity index (χ0) is 12.1. The van der Waals surface area contributed by atoms with E-state index in [0.29, 0.717) is 23.2 Å². The van der Waals surface area contributed by atoms with Crippen LogP contribution in [0.25, 0.3) is 0 Å². The lowest BCUT2D eigenvalue weighted by Crippen LogP contribution is -2.20. The number of aliphatic hydroxyl groups is 1. The molecule has 0 radical (unpaired) electrons. The van der Waals surface area contributed by atoms with Crippen molar-refractivity contribution in [2.75, 3.05) is 20.3 Å². The zero-order valence-electron chi connectivity index (χ0n) is 9.11. The van der Waals surface area contributed by atoms with Crippen LogP contribution >= 0.6 is 15.9 Å². The van der Waals surface area contributed by atoms with Crippen LogP contribution in [0, 0.1) is 5.92 Å². The van der Waals surface area contributed by atoms with Gasteiger partial charge in [-0.1, -0.05) is 0 Å². The van der Waals surface area contributed by atoms with Crippen molar-refractivity contribution in [2.24, 2.45) is 11.7 Å². The lowest BCUT2D eigenvalue weighted by molar-refractivity contribution is 0.229. The Morgan fingerprint density at radius 3 is 2.69 bits per heavy atom. The van der Waals surface area contributed by atoms with Gasteiger partial charge < -0.3 is 20.7 Å². The molecule has 0 fully saturated rings. The predicted octanol–water partition coefficient (Wildman–Crippen LogP) is 1.27. The Morgan fingerprint density at radius 2 is 2.19 bits per heavy atom. The number of aromatic hydroxyl groups is 1. The molecule has 1 aromatic carbocycles. The van der Waals surface area contributed by atoms with Crippen LogP contribution in [0.5, 0.6) is 11.5 Å². The van der Waals surface area contributed by atoms with Crippen LogP contribution in [0.3, 0.4) is 0 Å². The molecule has 0 aliphatic carbocycles. The normalized spacial score (nSPS) is 12.5. The van der Waals surface area contributed by atoms with Gasteiger partial charge in [0.1, 0.15) is 0 Å². The van der Waals surface area contributed by atoms with Crippen molar-refractivity contribution in [1.82, 2.24) is 0 Å². The molecule has 4 N–H and O–H groups in total.